The predicted octanol–water partition coefficient (Wildman–Crippen LogP) is 3.61. The first-order valence-corrected chi connectivity index (χ1v) is 12.5. The van der Waals surface area contributed by atoms with Crippen LogP contribution in [0.2, 0.25) is 0 Å². The van der Waals surface area contributed by atoms with Crippen molar-refractivity contribution in [1.82, 2.24) is 14.3 Å². The van der Waals surface area contributed by atoms with Gasteiger partial charge in [-0.1, -0.05) is 11.3 Å². The number of pyridine rings is 2. The maximum Gasteiger partial charge on any atom is 0.333 e. The normalized spacial score (nSPS) is 11.4. The summed E-state index contributed by atoms with van der Waals surface area (Å²) in [5.74, 6) is -0.253. The quantitative estimate of drug-likeness (QED) is 0.288. The van der Waals surface area contributed by atoms with Crippen LogP contribution in [0, 0.1) is 5.13 Å². The maximum atomic E-state index is 13.1. The van der Waals surface area contributed by atoms with Gasteiger partial charge in [-0.15, -0.1) is 0 Å². The van der Waals surface area contributed by atoms with Gasteiger partial charge < -0.3 is 15.7 Å². The minimum absolute atomic E-state index is 0.0749. The van der Waals surface area contributed by atoms with Crippen LogP contribution in [-0.2, 0) is 10.0 Å². The van der Waals surface area contributed by atoms with Gasteiger partial charge in [-0.05, 0) is 57.7 Å². The summed E-state index contributed by atoms with van der Waals surface area (Å²) >= 11 is 3.77. The summed E-state index contributed by atoms with van der Waals surface area (Å²) in [5.41, 5.74) is 0.320. The summed E-state index contributed by atoms with van der Waals surface area (Å²) in [6.07, 6.45) is 1.18. The monoisotopic (exact) mass is 567 g/mol. The van der Waals surface area contributed by atoms with E-state index in [2.05, 4.69) is 31.5 Å². The number of aromatic hydroxyl groups is 1. The van der Waals surface area contributed by atoms with Crippen molar-refractivity contribution in [1.29, 1.82) is 0 Å². The third-order valence-electron chi connectivity index (χ3n) is 4.64. The number of aromatic nitrogens is 2. The smallest absolute Gasteiger partial charge is 0.333 e. The number of urea groups is 1. The van der Waals surface area contributed by atoms with E-state index in [-0.39, 0.29) is 21.6 Å². The molecule has 0 saturated heterocycles. The molecular formula is C20H15BrFN5O5S2. The molecule has 0 atom stereocenters. The van der Waals surface area contributed by atoms with Gasteiger partial charge in [0.2, 0.25) is 5.88 Å². The molecule has 1 aromatic carbocycles. The number of nitrogens with zero attached hydrogens (tertiary/aromatic N) is 2. The van der Waals surface area contributed by atoms with Gasteiger partial charge in [0.25, 0.3) is 15.6 Å². The summed E-state index contributed by atoms with van der Waals surface area (Å²) in [6, 6.07) is 8.38. The lowest BCUT2D eigenvalue weighted by atomic mass is 10.1. The van der Waals surface area contributed by atoms with Crippen LogP contribution in [0.4, 0.5) is 20.6 Å². The Balaban J connectivity index is 1.58. The van der Waals surface area contributed by atoms with E-state index in [9.17, 15) is 27.5 Å². The fraction of sp³-hybridized carbons (Fsp3) is 0.0500. The molecule has 0 spiro atoms. The number of hydrogen-bond acceptors (Lipinski definition) is 8. The van der Waals surface area contributed by atoms with Gasteiger partial charge in [-0.25, -0.2) is 27.5 Å². The number of nitrogens with one attached hydrogen (secondary N) is 3. The molecule has 0 aliphatic heterocycles. The highest BCUT2D eigenvalue weighted by molar-refractivity contribution is 9.10. The molecule has 0 aliphatic carbocycles. The Hall–Kier alpha value is -3.49. The summed E-state index contributed by atoms with van der Waals surface area (Å²) in [4.78, 5) is 28.8. The summed E-state index contributed by atoms with van der Waals surface area (Å²) in [5, 5.41) is 16.2. The van der Waals surface area contributed by atoms with Gasteiger partial charge in [-0.3, -0.25) is 4.79 Å². The van der Waals surface area contributed by atoms with Crippen LogP contribution in [-0.4, -0.2) is 36.2 Å². The Morgan fingerprint density at radius 2 is 1.97 bits per heavy atom. The molecule has 0 fully saturated rings. The van der Waals surface area contributed by atoms with Crippen molar-refractivity contribution in [3.05, 3.63) is 68.6 Å². The van der Waals surface area contributed by atoms with E-state index in [1.165, 1.54) is 24.4 Å². The second-order valence-corrected chi connectivity index (χ2v) is 10.6. The number of benzene rings is 1. The third-order valence-corrected chi connectivity index (χ3v) is 7.99. The van der Waals surface area contributed by atoms with Gasteiger partial charge in [0.15, 0.2) is 5.13 Å². The Bertz CT molecular complexity index is 1590. The number of sulfonamides is 1. The van der Waals surface area contributed by atoms with E-state index in [0.717, 1.165) is 22.4 Å². The number of anilines is 2. The highest BCUT2D eigenvalue weighted by Crippen LogP contribution is 2.32. The molecule has 3 aromatic heterocycles. The van der Waals surface area contributed by atoms with Crippen LogP contribution in [0.5, 0.6) is 5.88 Å². The topological polar surface area (TPSA) is 142 Å². The van der Waals surface area contributed by atoms with Crippen molar-refractivity contribution in [2.45, 2.75) is 4.21 Å². The molecule has 3 heterocycles. The zero-order valence-corrected chi connectivity index (χ0v) is 20.4. The number of carbonyl (C=O) groups is 1. The molecule has 4 rings (SSSR count). The number of amides is 2. The zero-order valence-electron chi connectivity index (χ0n) is 17.2. The van der Waals surface area contributed by atoms with Gasteiger partial charge in [0.1, 0.15) is 10.0 Å². The molecule has 10 nitrogen and oxygen atoms in total. The van der Waals surface area contributed by atoms with E-state index in [0.29, 0.717) is 26.6 Å². The van der Waals surface area contributed by atoms with E-state index in [4.69, 9.17) is 0 Å². The van der Waals surface area contributed by atoms with Crippen LogP contribution in [0.3, 0.4) is 0 Å². The van der Waals surface area contributed by atoms with E-state index in [1.807, 2.05) is 0 Å². The van der Waals surface area contributed by atoms with Gasteiger partial charge in [0.05, 0.1) is 11.9 Å². The number of carbonyl (C=O) groups excluding carboxylic acids is 1. The van der Waals surface area contributed by atoms with Crippen molar-refractivity contribution in [2.75, 3.05) is 17.7 Å². The number of halogens is 2. The molecule has 0 bridgehead atoms. The van der Waals surface area contributed by atoms with Crippen molar-refractivity contribution < 1.29 is 22.7 Å². The fourth-order valence-corrected chi connectivity index (χ4v) is 5.55. The Kier molecular flexibility index (Phi) is 6.29. The molecule has 4 N–H and O–H groups in total. The largest absolute Gasteiger partial charge is 0.494 e. The van der Waals surface area contributed by atoms with Crippen molar-refractivity contribution >= 4 is 65.5 Å². The first kappa shape index (κ1) is 23.7. The van der Waals surface area contributed by atoms with Gasteiger partial charge >= 0.3 is 6.03 Å². The third kappa shape index (κ3) is 4.60. The second-order valence-electron chi connectivity index (χ2n) is 6.83. The number of fused-ring (bicyclic) bond motifs is 1. The number of thiophene rings is 1. The molecule has 0 aliphatic rings. The molecule has 0 unspecified atom stereocenters. The van der Waals surface area contributed by atoms with Crippen LogP contribution in [0.1, 0.15) is 0 Å². The molecule has 176 valence electrons. The maximum absolute atomic E-state index is 13.1. The van der Waals surface area contributed by atoms with Crippen LogP contribution < -0.4 is 20.9 Å². The van der Waals surface area contributed by atoms with Crippen molar-refractivity contribution in [3.8, 4) is 11.7 Å². The first-order valence-electron chi connectivity index (χ1n) is 9.40. The lowest BCUT2D eigenvalue weighted by molar-refractivity contribution is 0.256. The molecule has 0 saturated carbocycles. The van der Waals surface area contributed by atoms with Crippen LogP contribution >= 0.6 is 27.3 Å². The first-order chi connectivity index (χ1) is 16.1. The zero-order chi connectivity index (χ0) is 24.6. The van der Waals surface area contributed by atoms with E-state index < -0.39 is 26.7 Å². The Morgan fingerprint density at radius 3 is 2.59 bits per heavy atom. The molecule has 0 radical (unpaired) electrons. The fourth-order valence-electron chi connectivity index (χ4n) is 3.10. The minimum atomic E-state index is -4.24. The lowest BCUT2D eigenvalue weighted by Crippen LogP contribution is -2.34. The average Bonchev–Trinajstić information content (AvgIpc) is 3.22. The molecular weight excluding hydrogens is 553 g/mol. The molecule has 4 aromatic rings. The predicted molar refractivity (Wildman–Crippen MR) is 130 cm³/mol. The highest BCUT2D eigenvalue weighted by atomic mass is 79.9. The summed E-state index contributed by atoms with van der Waals surface area (Å²) in [7, 11) is -2.51. The summed E-state index contributed by atoms with van der Waals surface area (Å²) < 4.78 is 40.4. The van der Waals surface area contributed by atoms with Gasteiger partial charge in [-0.2, -0.15) is 4.39 Å². The molecule has 14 heteroatoms. The van der Waals surface area contributed by atoms with E-state index >= 15 is 0 Å². The molecule has 2 amide bonds. The van der Waals surface area contributed by atoms with Gasteiger partial charge in [0, 0.05) is 28.7 Å². The van der Waals surface area contributed by atoms with Crippen molar-refractivity contribution in [2.24, 2.45) is 0 Å². The summed E-state index contributed by atoms with van der Waals surface area (Å²) in [6.45, 7) is 0. The average molecular weight is 568 g/mol. The number of hydrogen-bond donors (Lipinski definition) is 4. The lowest BCUT2D eigenvalue weighted by Gasteiger charge is -2.13. The van der Waals surface area contributed by atoms with E-state index in [1.54, 1.807) is 23.9 Å². The Labute approximate surface area is 204 Å². The standard InChI is InChI=1S/C20H15BrFN5O5S2/c1-23-14-6-10-7-17(28)27(19(29)12(10)8-13(14)21)16-4-2-11(9-24-16)25-20(30)26-34(31,32)18-5-3-15(22)33-18/h2-9,23,29H,1H3,(H2,25,26,30). The second kappa shape index (κ2) is 9.04. The number of rotatable bonds is 5. The van der Waals surface area contributed by atoms with Crippen molar-refractivity contribution in [3.63, 3.8) is 0 Å². The molecule has 34 heavy (non-hydrogen) atoms. The highest BCUT2D eigenvalue weighted by Gasteiger charge is 2.20. The SMILES string of the molecule is CNc1cc2cc(=O)n(-c3ccc(NC(=O)NS(=O)(=O)c4ccc(F)s4)cn3)c(O)c2cc1Br. The Morgan fingerprint density at radius 1 is 1.21 bits per heavy atom. The minimum Gasteiger partial charge on any atom is -0.494 e. The van der Waals surface area contributed by atoms with Crippen LogP contribution in [0.25, 0.3) is 16.6 Å². The van der Waals surface area contributed by atoms with Crippen LogP contribution in [0.15, 0.2) is 62.1 Å².